The third-order valence-corrected chi connectivity index (χ3v) is 5.50. The van der Waals surface area contributed by atoms with E-state index in [1.807, 2.05) is 0 Å². The highest BCUT2D eigenvalue weighted by Crippen LogP contribution is 2.35. The predicted molar refractivity (Wildman–Crippen MR) is 106 cm³/mol. The standard InChI is InChI=1S/C18H22ClN3O5S/c1-7-26-18(25)14-9(4)11(17(24)27-8(2)3)16(28-14)20-15(23)13-12(19)10(5)22(6)21-13/h8H,7H2,1-6H3,(H,20,23). The number of halogens is 1. The Bertz CT molecular complexity index is 932. The highest BCUT2D eigenvalue weighted by atomic mass is 35.5. The van der Waals surface area contributed by atoms with E-state index in [1.165, 1.54) is 4.68 Å². The number of aromatic nitrogens is 2. The molecule has 2 aromatic heterocycles. The zero-order valence-electron chi connectivity index (χ0n) is 16.5. The molecule has 0 saturated carbocycles. The van der Waals surface area contributed by atoms with Crippen molar-refractivity contribution < 1.29 is 23.9 Å². The third kappa shape index (κ3) is 4.36. The van der Waals surface area contributed by atoms with Crippen LogP contribution in [0.4, 0.5) is 5.00 Å². The quantitative estimate of drug-likeness (QED) is 0.705. The van der Waals surface area contributed by atoms with Crippen LogP contribution in [0, 0.1) is 13.8 Å². The van der Waals surface area contributed by atoms with Crippen molar-refractivity contribution in [1.29, 1.82) is 0 Å². The van der Waals surface area contributed by atoms with Crippen molar-refractivity contribution in [1.82, 2.24) is 9.78 Å². The molecule has 0 spiro atoms. The van der Waals surface area contributed by atoms with E-state index in [9.17, 15) is 14.4 Å². The number of rotatable bonds is 6. The van der Waals surface area contributed by atoms with Crippen LogP contribution in [0.3, 0.4) is 0 Å². The Hall–Kier alpha value is -2.39. The smallest absolute Gasteiger partial charge is 0.348 e. The molecule has 0 bridgehead atoms. The molecule has 0 saturated heterocycles. The number of amides is 1. The van der Waals surface area contributed by atoms with Crippen molar-refractivity contribution >= 4 is 45.8 Å². The normalized spacial score (nSPS) is 10.9. The van der Waals surface area contributed by atoms with Gasteiger partial charge >= 0.3 is 11.9 Å². The molecule has 1 amide bonds. The van der Waals surface area contributed by atoms with Gasteiger partial charge in [0, 0.05) is 7.05 Å². The molecule has 0 aromatic carbocycles. The maximum Gasteiger partial charge on any atom is 0.348 e. The summed E-state index contributed by atoms with van der Waals surface area (Å²) in [7, 11) is 1.66. The van der Waals surface area contributed by atoms with E-state index in [-0.39, 0.29) is 38.9 Å². The van der Waals surface area contributed by atoms with Gasteiger partial charge in [-0.1, -0.05) is 11.6 Å². The summed E-state index contributed by atoms with van der Waals surface area (Å²) in [6.07, 6.45) is -0.366. The minimum atomic E-state index is -0.641. The van der Waals surface area contributed by atoms with Gasteiger partial charge in [0.2, 0.25) is 0 Å². The number of thiophene rings is 1. The molecular formula is C18H22ClN3O5S. The number of aryl methyl sites for hydroxylation is 1. The monoisotopic (exact) mass is 427 g/mol. The summed E-state index contributed by atoms with van der Waals surface area (Å²) in [5.41, 5.74) is 1.14. The van der Waals surface area contributed by atoms with Gasteiger partial charge in [0.1, 0.15) is 9.88 Å². The van der Waals surface area contributed by atoms with Gasteiger partial charge in [-0.2, -0.15) is 5.10 Å². The molecule has 0 fully saturated rings. The number of carbonyl (C=O) groups excluding carboxylic acids is 3. The molecule has 10 heteroatoms. The lowest BCUT2D eigenvalue weighted by atomic mass is 10.1. The summed E-state index contributed by atoms with van der Waals surface area (Å²) in [5, 5.41) is 7.11. The molecule has 0 radical (unpaired) electrons. The fraction of sp³-hybridized carbons (Fsp3) is 0.444. The Morgan fingerprint density at radius 3 is 2.39 bits per heavy atom. The fourth-order valence-electron chi connectivity index (χ4n) is 2.40. The van der Waals surface area contributed by atoms with Gasteiger partial charge < -0.3 is 14.8 Å². The second-order valence-electron chi connectivity index (χ2n) is 6.26. The SMILES string of the molecule is CCOC(=O)c1sc(NC(=O)c2nn(C)c(C)c2Cl)c(C(=O)OC(C)C)c1C. The van der Waals surface area contributed by atoms with Crippen LogP contribution in [0.2, 0.25) is 5.02 Å². The molecule has 1 N–H and O–H groups in total. The van der Waals surface area contributed by atoms with Gasteiger partial charge in [0.25, 0.3) is 5.91 Å². The van der Waals surface area contributed by atoms with Gasteiger partial charge in [-0.15, -0.1) is 11.3 Å². The molecular weight excluding hydrogens is 406 g/mol. The number of ether oxygens (including phenoxy) is 2. The van der Waals surface area contributed by atoms with Gasteiger partial charge in [0.15, 0.2) is 5.69 Å². The summed E-state index contributed by atoms with van der Waals surface area (Å²) >= 11 is 7.11. The molecule has 2 heterocycles. The first-order chi connectivity index (χ1) is 13.1. The van der Waals surface area contributed by atoms with E-state index in [1.54, 1.807) is 41.7 Å². The molecule has 0 aliphatic heterocycles. The Morgan fingerprint density at radius 2 is 1.89 bits per heavy atom. The van der Waals surface area contributed by atoms with E-state index in [4.69, 9.17) is 21.1 Å². The van der Waals surface area contributed by atoms with Crippen LogP contribution in [-0.4, -0.2) is 40.3 Å². The van der Waals surface area contributed by atoms with E-state index in [0.717, 1.165) is 11.3 Å². The van der Waals surface area contributed by atoms with E-state index < -0.39 is 17.8 Å². The summed E-state index contributed by atoms with van der Waals surface area (Å²) in [5.74, 6) is -1.81. The van der Waals surface area contributed by atoms with Crippen molar-refractivity contribution in [2.24, 2.45) is 7.05 Å². The number of hydrogen-bond donors (Lipinski definition) is 1. The van der Waals surface area contributed by atoms with Gasteiger partial charge in [-0.05, 0) is 40.2 Å². The molecule has 0 aliphatic carbocycles. The maximum atomic E-state index is 12.7. The number of carbonyl (C=O) groups is 3. The average Bonchev–Trinajstić information content (AvgIpc) is 3.06. The molecule has 0 unspecified atom stereocenters. The van der Waals surface area contributed by atoms with Crippen molar-refractivity contribution in [2.75, 3.05) is 11.9 Å². The van der Waals surface area contributed by atoms with Crippen LogP contribution in [0.15, 0.2) is 0 Å². The van der Waals surface area contributed by atoms with E-state index >= 15 is 0 Å². The Balaban J connectivity index is 2.47. The van der Waals surface area contributed by atoms with Crippen molar-refractivity contribution in [3.05, 3.63) is 32.4 Å². The minimum absolute atomic E-state index is 0.0218. The molecule has 8 nitrogen and oxygen atoms in total. The number of nitrogens with one attached hydrogen (secondary N) is 1. The summed E-state index contributed by atoms with van der Waals surface area (Å²) in [4.78, 5) is 37.7. The van der Waals surface area contributed by atoms with E-state index in [2.05, 4.69) is 10.4 Å². The van der Waals surface area contributed by atoms with Crippen LogP contribution < -0.4 is 5.32 Å². The van der Waals surface area contributed by atoms with Gasteiger partial charge in [-0.3, -0.25) is 9.48 Å². The van der Waals surface area contributed by atoms with Gasteiger partial charge in [0.05, 0.1) is 29.0 Å². The van der Waals surface area contributed by atoms with Gasteiger partial charge in [-0.25, -0.2) is 9.59 Å². The molecule has 2 rings (SSSR count). The third-order valence-electron chi connectivity index (χ3n) is 3.86. The maximum absolute atomic E-state index is 12.7. The summed E-state index contributed by atoms with van der Waals surface area (Å²) in [6.45, 7) is 8.62. The fourth-order valence-corrected chi connectivity index (χ4v) is 3.73. The lowest BCUT2D eigenvalue weighted by molar-refractivity contribution is 0.0379. The number of anilines is 1. The van der Waals surface area contributed by atoms with Crippen LogP contribution in [0.5, 0.6) is 0 Å². The van der Waals surface area contributed by atoms with Crippen molar-refractivity contribution in [3.8, 4) is 0 Å². The Kier molecular flexibility index (Phi) is 6.84. The largest absolute Gasteiger partial charge is 0.462 e. The number of hydrogen-bond acceptors (Lipinski definition) is 7. The predicted octanol–water partition coefficient (Wildman–Crippen LogP) is 3.75. The first-order valence-corrected chi connectivity index (χ1v) is 9.79. The molecule has 2 aromatic rings. The molecule has 0 aliphatic rings. The highest BCUT2D eigenvalue weighted by molar-refractivity contribution is 7.18. The number of esters is 2. The Labute approximate surface area is 171 Å². The summed E-state index contributed by atoms with van der Waals surface area (Å²) in [6, 6.07) is 0. The van der Waals surface area contributed by atoms with Crippen LogP contribution in [-0.2, 0) is 16.5 Å². The lowest BCUT2D eigenvalue weighted by Gasteiger charge is -2.10. The zero-order chi connectivity index (χ0) is 21.2. The summed E-state index contributed by atoms with van der Waals surface area (Å²) < 4.78 is 11.8. The number of nitrogens with zero attached hydrogens (tertiary/aromatic N) is 2. The minimum Gasteiger partial charge on any atom is -0.462 e. The molecule has 0 atom stereocenters. The van der Waals surface area contributed by atoms with Crippen molar-refractivity contribution in [2.45, 2.75) is 40.7 Å². The average molecular weight is 428 g/mol. The van der Waals surface area contributed by atoms with Crippen LogP contribution in [0.1, 0.15) is 62.5 Å². The zero-order valence-corrected chi connectivity index (χ0v) is 18.1. The highest BCUT2D eigenvalue weighted by Gasteiger charge is 2.29. The Morgan fingerprint density at radius 1 is 1.25 bits per heavy atom. The second-order valence-corrected chi connectivity index (χ2v) is 7.66. The van der Waals surface area contributed by atoms with Crippen LogP contribution >= 0.6 is 22.9 Å². The van der Waals surface area contributed by atoms with E-state index in [0.29, 0.717) is 11.3 Å². The van der Waals surface area contributed by atoms with Crippen molar-refractivity contribution in [3.63, 3.8) is 0 Å². The first-order valence-electron chi connectivity index (χ1n) is 8.60. The second kappa shape index (κ2) is 8.74. The molecule has 152 valence electrons. The van der Waals surface area contributed by atoms with Crippen LogP contribution in [0.25, 0.3) is 0 Å². The topological polar surface area (TPSA) is 99.5 Å². The first kappa shape index (κ1) is 21.9. The molecule has 28 heavy (non-hydrogen) atoms. The lowest BCUT2D eigenvalue weighted by Crippen LogP contribution is -2.17.